The second-order valence-electron chi connectivity index (χ2n) is 7.29. The van der Waals surface area contributed by atoms with Gasteiger partial charge in [0.2, 0.25) is 5.91 Å². The minimum atomic E-state index is -0.725. The van der Waals surface area contributed by atoms with E-state index >= 15 is 0 Å². The Morgan fingerprint density at radius 1 is 1.07 bits per heavy atom. The number of amides is 2. The molecule has 29 heavy (non-hydrogen) atoms. The summed E-state index contributed by atoms with van der Waals surface area (Å²) in [5.74, 6) is -0.199. The minimum absolute atomic E-state index is 0.139. The first-order chi connectivity index (χ1) is 14.2. The maximum Gasteiger partial charge on any atom is 0.290 e. The SMILES string of the molecule is O=C(NC1CCCC1)C(c1ccccc1)N(Cc1cccs1)C(=O)c1ccco1. The van der Waals surface area contributed by atoms with Gasteiger partial charge in [0.05, 0.1) is 12.8 Å². The van der Waals surface area contributed by atoms with E-state index in [4.69, 9.17) is 4.42 Å². The Morgan fingerprint density at radius 3 is 2.52 bits per heavy atom. The lowest BCUT2D eigenvalue weighted by molar-refractivity contribution is -0.126. The van der Waals surface area contributed by atoms with E-state index in [0.717, 1.165) is 36.1 Å². The normalized spacial score (nSPS) is 15.2. The summed E-state index contributed by atoms with van der Waals surface area (Å²) < 4.78 is 5.38. The Hall–Kier alpha value is -2.86. The average Bonchev–Trinajstić information content (AvgIpc) is 3.51. The predicted octanol–water partition coefficient (Wildman–Crippen LogP) is 4.78. The van der Waals surface area contributed by atoms with Gasteiger partial charge in [-0.25, -0.2) is 0 Å². The summed E-state index contributed by atoms with van der Waals surface area (Å²) in [5.41, 5.74) is 0.791. The monoisotopic (exact) mass is 408 g/mol. The van der Waals surface area contributed by atoms with Crippen LogP contribution in [-0.2, 0) is 11.3 Å². The van der Waals surface area contributed by atoms with Crippen LogP contribution in [0.3, 0.4) is 0 Å². The summed E-state index contributed by atoms with van der Waals surface area (Å²) in [4.78, 5) is 29.4. The fraction of sp³-hybridized carbons (Fsp3) is 0.304. The Balaban J connectivity index is 1.70. The third-order valence-electron chi connectivity index (χ3n) is 5.28. The minimum Gasteiger partial charge on any atom is -0.459 e. The molecule has 1 aliphatic carbocycles. The smallest absolute Gasteiger partial charge is 0.290 e. The third-order valence-corrected chi connectivity index (χ3v) is 6.14. The van der Waals surface area contributed by atoms with Crippen LogP contribution in [0, 0.1) is 0 Å². The summed E-state index contributed by atoms with van der Waals surface area (Å²) in [6.45, 7) is 0.342. The molecule has 1 fully saturated rings. The van der Waals surface area contributed by atoms with E-state index in [1.807, 2.05) is 47.8 Å². The fourth-order valence-corrected chi connectivity index (χ4v) is 4.55. The molecule has 1 atom stereocenters. The van der Waals surface area contributed by atoms with Gasteiger partial charge in [0.15, 0.2) is 5.76 Å². The highest BCUT2D eigenvalue weighted by Crippen LogP contribution is 2.28. The highest BCUT2D eigenvalue weighted by Gasteiger charge is 2.34. The van der Waals surface area contributed by atoms with Gasteiger partial charge in [-0.15, -0.1) is 11.3 Å². The van der Waals surface area contributed by atoms with Crippen LogP contribution in [0.2, 0.25) is 0 Å². The van der Waals surface area contributed by atoms with Gasteiger partial charge in [0, 0.05) is 10.9 Å². The molecule has 3 aromatic rings. The van der Waals surface area contributed by atoms with Gasteiger partial charge >= 0.3 is 0 Å². The topological polar surface area (TPSA) is 62.6 Å². The molecule has 6 heteroatoms. The lowest BCUT2D eigenvalue weighted by Gasteiger charge is -2.31. The molecule has 4 rings (SSSR count). The van der Waals surface area contributed by atoms with Gasteiger partial charge in [0.25, 0.3) is 5.91 Å². The van der Waals surface area contributed by atoms with Crippen molar-refractivity contribution in [2.24, 2.45) is 0 Å². The summed E-state index contributed by atoms with van der Waals surface area (Å²) in [6, 6.07) is 16.2. The molecule has 0 spiro atoms. The van der Waals surface area contributed by atoms with Crippen molar-refractivity contribution in [1.29, 1.82) is 0 Å². The van der Waals surface area contributed by atoms with Crippen molar-refractivity contribution < 1.29 is 14.0 Å². The van der Waals surface area contributed by atoms with Crippen molar-refractivity contribution in [3.8, 4) is 0 Å². The molecule has 0 radical (unpaired) electrons. The zero-order valence-corrected chi connectivity index (χ0v) is 16.9. The largest absolute Gasteiger partial charge is 0.459 e. The van der Waals surface area contributed by atoms with Crippen molar-refractivity contribution in [3.63, 3.8) is 0 Å². The van der Waals surface area contributed by atoms with E-state index in [-0.39, 0.29) is 23.6 Å². The lowest BCUT2D eigenvalue weighted by atomic mass is 10.0. The average molecular weight is 409 g/mol. The van der Waals surface area contributed by atoms with Crippen molar-refractivity contribution in [3.05, 3.63) is 82.4 Å². The van der Waals surface area contributed by atoms with E-state index in [1.54, 1.807) is 28.4 Å². The van der Waals surface area contributed by atoms with Crippen LogP contribution in [0.15, 0.2) is 70.7 Å². The molecule has 1 aliphatic rings. The number of carbonyl (C=O) groups excluding carboxylic acids is 2. The molecule has 0 aliphatic heterocycles. The number of carbonyl (C=O) groups is 2. The quantitative estimate of drug-likeness (QED) is 0.612. The standard InChI is InChI=1S/C23H24N2O3S/c26-22(24-18-10-4-5-11-18)21(17-8-2-1-3-9-17)25(16-19-12-7-15-29-19)23(27)20-13-6-14-28-20/h1-3,6-9,12-15,18,21H,4-5,10-11,16H2,(H,24,26). The molecule has 2 aromatic heterocycles. The van der Waals surface area contributed by atoms with E-state index in [1.165, 1.54) is 6.26 Å². The van der Waals surface area contributed by atoms with Crippen LogP contribution >= 0.6 is 11.3 Å². The van der Waals surface area contributed by atoms with Gasteiger partial charge in [-0.1, -0.05) is 49.2 Å². The van der Waals surface area contributed by atoms with Crippen LogP contribution in [0.1, 0.15) is 52.7 Å². The molecule has 1 N–H and O–H groups in total. The molecule has 5 nitrogen and oxygen atoms in total. The van der Waals surface area contributed by atoms with Crippen LogP contribution < -0.4 is 5.32 Å². The Labute approximate surface area is 174 Å². The second kappa shape index (κ2) is 9.09. The molecule has 1 unspecified atom stereocenters. The first-order valence-corrected chi connectivity index (χ1v) is 10.8. The van der Waals surface area contributed by atoms with E-state index in [9.17, 15) is 9.59 Å². The number of hydrogen-bond acceptors (Lipinski definition) is 4. The zero-order valence-electron chi connectivity index (χ0n) is 16.1. The molecule has 2 heterocycles. The molecule has 2 amide bonds. The molecule has 1 aromatic carbocycles. The predicted molar refractivity (Wildman–Crippen MR) is 112 cm³/mol. The number of nitrogens with one attached hydrogen (secondary N) is 1. The van der Waals surface area contributed by atoms with Crippen LogP contribution in [0.5, 0.6) is 0 Å². The Kier molecular flexibility index (Phi) is 6.10. The maximum absolute atomic E-state index is 13.4. The Bertz CT molecular complexity index is 916. The Morgan fingerprint density at radius 2 is 1.86 bits per heavy atom. The summed E-state index contributed by atoms with van der Waals surface area (Å²) in [7, 11) is 0. The van der Waals surface area contributed by atoms with E-state index < -0.39 is 6.04 Å². The number of furan rings is 1. The number of benzene rings is 1. The summed E-state index contributed by atoms with van der Waals surface area (Å²) in [6.07, 6.45) is 5.72. The van der Waals surface area contributed by atoms with Crippen LogP contribution in [-0.4, -0.2) is 22.8 Å². The van der Waals surface area contributed by atoms with Crippen molar-refractivity contribution in [2.45, 2.75) is 44.3 Å². The lowest BCUT2D eigenvalue weighted by Crippen LogP contribution is -2.45. The van der Waals surface area contributed by atoms with Crippen molar-refractivity contribution in [2.75, 3.05) is 0 Å². The van der Waals surface area contributed by atoms with Crippen molar-refractivity contribution in [1.82, 2.24) is 10.2 Å². The summed E-state index contributed by atoms with van der Waals surface area (Å²) in [5, 5.41) is 5.15. The van der Waals surface area contributed by atoms with Gasteiger partial charge in [-0.05, 0) is 42.0 Å². The summed E-state index contributed by atoms with van der Waals surface area (Å²) >= 11 is 1.57. The van der Waals surface area contributed by atoms with Gasteiger partial charge < -0.3 is 14.6 Å². The molecular weight excluding hydrogens is 384 g/mol. The maximum atomic E-state index is 13.4. The van der Waals surface area contributed by atoms with Gasteiger partial charge in [0.1, 0.15) is 6.04 Å². The molecule has 150 valence electrons. The highest BCUT2D eigenvalue weighted by atomic mass is 32.1. The number of nitrogens with zero attached hydrogens (tertiary/aromatic N) is 1. The fourth-order valence-electron chi connectivity index (χ4n) is 3.85. The molecular formula is C23H24N2O3S. The van der Waals surface area contributed by atoms with Crippen LogP contribution in [0.4, 0.5) is 0 Å². The number of thiophene rings is 1. The van der Waals surface area contributed by atoms with Crippen molar-refractivity contribution >= 4 is 23.2 Å². The third kappa shape index (κ3) is 4.59. The highest BCUT2D eigenvalue weighted by molar-refractivity contribution is 7.09. The second-order valence-corrected chi connectivity index (χ2v) is 8.33. The van der Waals surface area contributed by atoms with E-state index in [0.29, 0.717) is 6.54 Å². The molecule has 0 bridgehead atoms. The number of hydrogen-bond donors (Lipinski definition) is 1. The first kappa shape index (κ1) is 19.5. The molecule has 0 saturated heterocycles. The van der Waals surface area contributed by atoms with Gasteiger partial charge in [-0.3, -0.25) is 9.59 Å². The zero-order chi connectivity index (χ0) is 20.1. The van der Waals surface area contributed by atoms with E-state index in [2.05, 4.69) is 5.32 Å². The van der Waals surface area contributed by atoms with Crippen LogP contribution in [0.25, 0.3) is 0 Å². The molecule has 1 saturated carbocycles. The van der Waals surface area contributed by atoms with Gasteiger partial charge in [-0.2, -0.15) is 0 Å². The first-order valence-electron chi connectivity index (χ1n) is 9.94. The number of rotatable bonds is 7.